The second-order valence-electron chi connectivity index (χ2n) is 17.6. The van der Waals surface area contributed by atoms with Gasteiger partial charge in [0.1, 0.15) is 11.2 Å². The number of benzene rings is 11. The summed E-state index contributed by atoms with van der Waals surface area (Å²) in [7, 11) is 0. The fourth-order valence-corrected chi connectivity index (χ4v) is 10.4. The molecule has 2 aromatic heterocycles. The minimum Gasteiger partial charge on any atom is -0.455 e. The number of fused-ring (bicyclic) bond motifs is 6. The predicted molar refractivity (Wildman–Crippen MR) is 290 cm³/mol. The van der Waals surface area contributed by atoms with E-state index in [0.717, 1.165) is 89.2 Å². The molecule has 0 unspecified atom stereocenters. The van der Waals surface area contributed by atoms with Gasteiger partial charge < -0.3 is 13.9 Å². The van der Waals surface area contributed by atoms with Gasteiger partial charge in [0.2, 0.25) is 0 Å². The highest BCUT2D eigenvalue weighted by atomic mass is 16.3. The molecule has 2 heterocycles. The van der Waals surface area contributed by atoms with E-state index in [4.69, 9.17) is 4.42 Å². The molecule has 0 spiro atoms. The maximum Gasteiger partial charge on any atom is 0.143 e. The Morgan fingerprint density at radius 2 is 0.797 bits per heavy atom. The Hall–Kier alpha value is -9.18. The lowest BCUT2D eigenvalue weighted by atomic mass is 9.93. The Morgan fingerprint density at radius 3 is 1.57 bits per heavy atom. The van der Waals surface area contributed by atoms with Gasteiger partial charge in [0.25, 0.3) is 0 Å². The van der Waals surface area contributed by atoms with Gasteiger partial charge >= 0.3 is 0 Å². The number of hydrogen-bond donors (Lipinski definition) is 0. The fraction of sp³-hybridized carbons (Fsp3) is 0. The number of rotatable bonds is 9. The molecular weight excluding hydrogens is 837 g/mol. The van der Waals surface area contributed by atoms with Gasteiger partial charge in [-0.15, -0.1) is 0 Å². The van der Waals surface area contributed by atoms with Crippen molar-refractivity contribution in [3.05, 3.63) is 267 Å². The third-order valence-electron chi connectivity index (χ3n) is 13.6. The highest BCUT2D eigenvalue weighted by Gasteiger charge is 2.21. The normalized spacial score (nSPS) is 11.5. The Morgan fingerprint density at radius 1 is 0.290 bits per heavy atom. The molecule has 0 saturated heterocycles. The van der Waals surface area contributed by atoms with Gasteiger partial charge in [0.15, 0.2) is 0 Å². The zero-order chi connectivity index (χ0) is 45.7. The van der Waals surface area contributed by atoms with Crippen molar-refractivity contribution in [2.24, 2.45) is 0 Å². The van der Waals surface area contributed by atoms with Crippen LogP contribution >= 0.6 is 0 Å². The quantitative estimate of drug-likeness (QED) is 0.144. The predicted octanol–water partition coefficient (Wildman–Crippen LogP) is 18.5. The molecule has 13 aromatic rings. The number of anilines is 3. The molecule has 0 saturated carbocycles. The van der Waals surface area contributed by atoms with Crippen molar-refractivity contribution in [3.63, 3.8) is 0 Å². The molecule has 69 heavy (non-hydrogen) atoms. The van der Waals surface area contributed by atoms with Crippen LogP contribution in [-0.2, 0) is 0 Å². The lowest BCUT2D eigenvalue weighted by Crippen LogP contribution is -2.11. The lowest BCUT2D eigenvalue weighted by molar-refractivity contribution is 0.670. The molecule has 3 heteroatoms. The molecule has 0 atom stereocenters. The fourth-order valence-electron chi connectivity index (χ4n) is 10.4. The summed E-state index contributed by atoms with van der Waals surface area (Å²) < 4.78 is 8.97. The third-order valence-corrected chi connectivity index (χ3v) is 13.6. The number of para-hydroxylation sites is 6. The molecule has 0 aliphatic heterocycles. The second kappa shape index (κ2) is 16.9. The van der Waals surface area contributed by atoms with Crippen molar-refractivity contribution < 1.29 is 4.42 Å². The SMILES string of the molecule is c1ccc(-c2ccc(-c3ccccc3N(c3ccc(-c4ccccc4-c4cccc5c4oc4ccccc45)cc3)c3cccc(-c4ccccc4-n4c5ccccc5c5ccccc54)c3)cc2)cc1. The zero-order valence-corrected chi connectivity index (χ0v) is 37.7. The first-order valence-electron chi connectivity index (χ1n) is 23.6. The highest BCUT2D eigenvalue weighted by molar-refractivity contribution is 6.11. The number of aromatic nitrogens is 1. The standard InChI is InChI=1S/C66H44N2O/c1-2-18-45(19-3-1)46-36-38-48(39-37-46)53-23-6-11-31-61(53)67(50-42-40-47(41-43-50)52-22-4-5-25-55(52)59-29-17-30-60-58-28-10-15-35-65(58)69-66(59)60)51-21-16-20-49(44-51)54-24-7-12-32-62(54)68-63-33-13-8-26-56(63)57-27-9-14-34-64(57)68/h1-44H. The first-order valence-corrected chi connectivity index (χ1v) is 23.6. The van der Waals surface area contributed by atoms with Crippen molar-refractivity contribution in [2.45, 2.75) is 0 Å². The van der Waals surface area contributed by atoms with Crippen molar-refractivity contribution >= 4 is 60.8 Å². The van der Waals surface area contributed by atoms with Crippen LogP contribution in [0.25, 0.3) is 105 Å². The van der Waals surface area contributed by atoms with Gasteiger partial charge in [-0.3, -0.25) is 0 Å². The number of furan rings is 1. The van der Waals surface area contributed by atoms with Gasteiger partial charge in [0.05, 0.1) is 22.4 Å². The van der Waals surface area contributed by atoms with E-state index in [0.29, 0.717) is 0 Å². The van der Waals surface area contributed by atoms with E-state index < -0.39 is 0 Å². The minimum absolute atomic E-state index is 0.897. The van der Waals surface area contributed by atoms with E-state index in [9.17, 15) is 0 Å². The topological polar surface area (TPSA) is 21.3 Å². The molecule has 0 fully saturated rings. The smallest absolute Gasteiger partial charge is 0.143 e. The molecule has 0 N–H and O–H groups in total. The van der Waals surface area contributed by atoms with Crippen LogP contribution in [-0.4, -0.2) is 4.57 Å². The molecule has 0 amide bonds. The molecular formula is C66H44N2O. The summed E-state index contributed by atoms with van der Waals surface area (Å²) in [6, 6.07) is 96.1. The van der Waals surface area contributed by atoms with Crippen LogP contribution < -0.4 is 4.90 Å². The van der Waals surface area contributed by atoms with Crippen LogP contribution in [0.15, 0.2) is 271 Å². The summed E-state index contributed by atoms with van der Waals surface area (Å²) in [4.78, 5) is 2.41. The van der Waals surface area contributed by atoms with Crippen LogP contribution in [0.1, 0.15) is 0 Å². The number of hydrogen-bond acceptors (Lipinski definition) is 2. The maximum atomic E-state index is 6.55. The molecule has 3 nitrogen and oxygen atoms in total. The summed E-state index contributed by atoms with van der Waals surface area (Å²) >= 11 is 0. The Labute approximate surface area is 401 Å². The van der Waals surface area contributed by atoms with E-state index in [1.165, 1.54) is 32.9 Å². The number of nitrogens with zero attached hydrogens (tertiary/aromatic N) is 2. The van der Waals surface area contributed by atoms with Crippen molar-refractivity contribution in [1.29, 1.82) is 0 Å². The molecule has 0 bridgehead atoms. The van der Waals surface area contributed by atoms with Crippen molar-refractivity contribution in [2.75, 3.05) is 4.90 Å². The van der Waals surface area contributed by atoms with Crippen LogP contribution in [0.4, 0.5) is 17.1 Å². The van der Waals surface area contributed by atoms with E-state index in [1.807, 2.05) is 12.1 Å². The van der Waals surface area contributed by atoms with Crippen LogP contribution in [0, 0.1) is 0 Å². The average molecular weight is 881 g/mol. The first kappa shape index (κ1) is 40.1. The summed E-state index contributed by atoms with van der Waals surface area (Å²) in [6.07, 6.45) is 0. The third kappa shape index (κ3) is 6.99. The molecule has 324 valence electrons. The molecule has 13 rings (SSSR count). The molecule has 0 aliphatic rings. The summed E-state index contributed by atoms with van der Waals surface area (Å²) in [5.74, 6) is 0. The van der Waals surface area contributed by atoms with Crippen molar-refractivity contribution in [1.82, 2.24) is 4.57 Å². The van der Waals surface area contributed by atoms with E-state index in [2.05, 4.69) is 264 Å². The maximum absolute atomic E-state index is 6.55. The van der Waals surface area contributed by atoms with Gasteiger partial charge in [-0.05, 0) is 93.5 Å². The molecule has 0 radical (unpaired) electrons. The van der Waals surface area contributed by atoms with Gasteiger partial charge in [-0.25, -0.2) is 0 Å². The van der Waals surface area contributed by atoms with Crippen LogP contribution in [0.2, 0.25) is 0 Å². The Balaban J connectivity index is 0.956. The second-order valence-corrected chi connectivity index (χ2v) is 17.6. The largest absolute Gasteiger partial charge is 0.455 e. The van der Waals surface area contributed by atoms with E-state index in [-0.39, 0.29) is 0 Å². The van der Waals surface area contributed by atoms with Crippen LogP contribution in [0.5, 0.6) is 0 Å². The minimum atomic E-state index is 0.897. The van der Waals surface area contributed by atoms with Crippen LogP contribution in [0.3, 0.4) is 0 Å². The van der Waals surface area contributed by atoms with Gasteiger partial charge in [0, 0.05) is 49.6 Å². The molecule has 0 aliphatic carbocycles. The summed E-state index contributed by atoms with van der Waals surface area (Å²) in [6.45, 7) is 0. The highest BCUT2D eigenvalue weighted by Crippen LogP contribution is 2.45. The zero-order valence-electron chi connectivity index (χ0n) is 37.7. The lowest BCUT2D eigenvalue weighted by Gasteiger charge is -2.29. The summed E-state index contributed by atoms with van der Waals surface area (Å²) in [5.41, 5.74) is 20.0. The summed E-state index contributed by atoms with van der Waals surface area (Å²) in [5, 5.41) is 4.74. The monoisotopic (exact) mass is 880 g/mol. The first-order chi connectivity index (χ1) is 34.2. The van der Waals surface area contributed by atoms with Gasteiger partial charge in [-0.1, -0.05) is 212 Å². The van der Waals surface area contributed by atoms with E-state index in [1.54, 1.807) is 0 Å². The van der Waals surface area contributed by atoms with Crippen molar-refractivity contribution in [3.8, 4) is 61.3 Å². The Bertz CT molecular complexity index is 3960. The average Bonchev–Trinajstić information content (AvgIpc) is 3.98. The van der Waals surface area contributed by atoms with E-state index >= 15 is 0 Å². The van der Waals surface area contributed by atoms with Gasteiger partial charge in [-0.2, -0.15) is 0 Å². The molecule has 11 aromatic carbocycles. The Kier molecular flexibility index (Phi) is 9.84.